The summed E-state index contributed by atoms with van der Waals surface area (Å²) < 4.78 is 5.65. The van der Waals surface area contributed by atoms with Gasteiger partial charge in [0.25, 0.3) is 0 Å². The third kappa shape index (κ3) is 3.15. The molecule has 2 aliphatic heterocycles. The second-order valence-electron chi connectivity index (χ2n) is 6.04. The van der Waals surface area contributed by atoms with E-state index in [2.05, 4.69) is 41.4 Å². The Hall–Kier alpha value is -1.06. The van der Waals surface area contributed by atoms with Gasteiger partial charge >= 0.3 is 0 Å². The lowest BCUT2D eigenvalue weighted by Gasteiger charge is -2.27. The van der Waals surface area contributed by atoms with Crippen LogP contribution in [-0.2, 0) is 6.54 Å². The second kappa shape index (κ2) is 6.59. The summed E-state index contributed by atoms with van der Waals surface area (Å²) in [5.74, 6) is 0.996. The zero-order valence-electron chi connectivity index (χ0n) is 12.5. The van der Waals surface area contributed by atoms with Gasteiger partial charge in [-0.1, -0.05) is 19.1 Å². The maximum absolute atomic E-state index is 5.65. The maximum Gasteiger partial charge on any atom is 0.119 e. The Morgan fingerprint density at radius 1 is 1.15 bits per heavy atom. The molecule has 2 atom stereocenters. The highest BCUT2D eigenvalue weighted by Gasteiger charge is 2.34. The van der Waals surface area contributed by atoms with Crippen molar-refractivity contribution >= 4 is 0 Å². The SMILES string of the molecule is CCCOc1ccc(CN2[C@H]3CCNC[C@H]2CC3)cc1. The van der Waals surface area contributed by atoms with Crippen LogP contribution in [0.5, 0.6) is 5.75 Å². The summed E-state index contributed by atoms with van der Waals surface area (Å²) in [6.45, 7) is 6.37. The van der Waals surface area contributed by atoms with E-state index in [1.165, 1.54) is 31.4 Å². The molecule has 3 rings (SSSR count). The number of rotatable bonds is 5. The predicted molar refractivity (Wildman–Crippen MR) is 82.1 cm³/mol. The number of fused-ring (bicyclic) bond motifs is 2. The minimum atomic E-state index is 0.735. The number of benzene rings is 1. The molecular weight excluding hydrogens is 248 g/mol. The van der Waals surface area contributed by atoms with Crippen molar-refractivity contribution in [3.8, 4) is 5.75 Å². The highest BCUT2D eigenvalue weighted by molar-refractivity contribution is 5.27. The highest BCUT2D eigenvalue weighted by atomic mass is 16.5. The molecule has 1 aromatic rings. The minimum absolute atomic E-state index is 0.735. The summed E-state index contributed by atoms with van der Waals surface area (Å²) in [5, 5.41) is 3.57. The van der Waals surface area contributed by atoms with Crippen LogP contribution in [0.15, 0.2) is 24.3 Å². The average Bonchev–Trinajstić information content (AvgIpc) is 2.71. The van der Waals surface area contributed by atoms with Crippen LogP contribution >= 0.6 is 0 Å². The molecular formula is C17H26N2O. The standard InChI is InChI=1S/C17H26N2O/c1-2-11-20-17-7-3-14(4-8-17)13-19-15-5-6-16(19)12-18-10-9-15/h3-4,7-8,15-16,18H,2,5-6,9-13H2,1H3/t15-,16-/m1/s1. The lowest BCUT2D eigenvalue weighted by molar-refractivity contribution is 0.193. The van der Waals surface area contributed by atoms with E-state index in [4.69, 9.17) is 4.74 Å². The van der Waals surface area contributed by atoms with Crippen LogP contribution in [0.25, 0.3) is 0 Å². The third-order valence-electron chi connectivity index (χ3n) is 4.57. The number of nitrogens with zero attached hydrogens (tertiary/aromatic N) is 1. The van der Waals surface area contributed by atoms with Crippen molar-refractivity contribution < 1.29 is 4.74 Å². The molecule has 1 N–H and O–H groups in total. The smallest absolute Gasteiger partial charge is 0.119 e. The van der Waals surface area contributed by atoms with Crippen LogP contribution < -0.4 is 10.1 Å². The molecule has 3 heteroatoms. The molecule has 2 bridgehead atoms. The van der Waals surface area contributed by atoms with Gasteiger partial charge in [0.1, 0.15) is 5.75 Å². The monoisotopic (exact) mass is 274 g/mol. The molecule has 1 aromatic carbocycles. The first-order valence-electron chi connectivity index (χ1n) is 8.05. The molecule has 0 aliphatic carbocycles. The Balaban J connectivity index is 1.62. The average molecular weight is 274 g/mol. The van der Waals surface area contributed by atoms with E-state index in [0.717, 1.165) is 44.0 Å². The summed E-state index contributed by atoms with van der Waals surface area (Å²) in [4.78, 5) is 2.71. The Morgan fingerprint density at radius 2 is 1.95 bits per heavy atom. The topological polar surface area (TPSA) is 24.5 Å². The van der Waals surface area contributed by atoms with Gasteiger partial charge in [-0.2, -0.15) is 0 Å². The Morgan fingerprint density at radius 3 is 2.75 bits per heavy atom. The molecule has 0 spiro atoms. The maximum atomic E-state index is 5.65. The van der Waals surface area contributed by atoms with Crippen molar-refractivity contribution in [3.63, 3.8) is 0 Å². The normalized spacial score (nSPS) is 26.4. The Bertz CT molecular complexity index is 404. The molecule has 0 aromatic heterocycles. The van der Waals surface area contributed by atoms with E-state index in [0.29, 0.717) is 0 Å². The van der Waals surface area contributed by atoms with Crippen LogP contribution in [0.4, 0.5) is 0 Å². The molecule has 3 nitrogen and oxygen atoms in total. The molecule has 2 heterocycles. The number of ether oxygens (including phenoxy) is 1. The van der Waals surface area contributed by atoms with E-state index < -0.39 is 0 Å². The lowest BCUT2D eigenvalue weighted by atomic mass is 10.1. The largest absolute Gasteiger partial charge is 0.494 e. The quantitative estimate of drug-likeness (QED) is 0.893. The van der Waals surface area contributed by atoms with Gasteiger partial charge in [0.15, 0.2) is 0 Å². The molecule has 20 heavy (non-hydrogen) atoms. The predicted octanol–water partition coefficient (Wildman–Crippen LogP) is 2.80. The van der Waals surface area contributed by atoms with Gasteiger partial charge in [-0.15, -0.1) is 0 Å². The first-order valence-corrected chi connectivity index (χ1v) is 8.05. The molecule has 0 amide bonds. The molecule has 0 unspecified atom stereocenters. The lowest BCUT2D eigenvalue weighted by Crippen LogP contribution is -2.37. The van der Waals surface area contributed by atoms with Crippen molar-refractivity contribution in [1.29, 1.82) is 0 Å². The highest BCUT2D eigenvalue weighted by Crippen LogP contribution is 2.29. The van der Waals surface area contributed by atoms with Gasteiger partial charge in [0.2, 0.25) is 0 Å². The molecule has 110 valence electrons. The second-order valence-corrected chi connectivity index (χ2v) is 6.04. The molecule has 0 saturated carbocycles. The van der Waals surface area contributed by atoms with Crippen LogP contribution in [-0.4, -0.2) is 36.7 Å². The zero-order valence-corrected chi connectivity index (χ0v) is 12.5. The van der Waals surface area contributed by atoms with Crippen LogP contribution in [0.2, 0.25) is 0 Å². The van der Waals surface area contributed by atoms with Crippen molar-refractivity contribution in [1.82, 2.24) is 10.2 Å². The van der Waals surface area contributed by atoms with Gasteiger partial charge < -0.3 is 10.1 Å². The number of hydrogen-bond donors (Lipinski definition) is 1. The third-order valence-corrected chi connectivity index (χ3v) is 4.57. The van der Waals surface area contributed by atoms with Crippen LogP contribution in [0.3, 0.4) is 0 Å². The molecule has 0 radical (unpaired) electrons. The molecule has 2 aliphatic rings. The molecule has 2 saturated heterocycles. The number of hydrogen-bond acceptors (Lipinski definition) is 3. The minimum Gasteiger partial charge on any atom is -0.494 e. The summed E-state index contributed by atoms with van der Waals surface area (Å²) in [7, 11) is 0. The van der Waals surface area contributed by atoms with Crippen molar-refractivity contribution in [2.24, 2.45) is 0 Å². The van der Waals surface area contributed by atoms with Gasteiger partial charge in [-0.25, -0.2) is 0 Å². The first kappa shape index (κ1) is 13.9. The summed E-state index contributed by atoms with van der Waals surface area (Å²) in [6, 6.07) is 10.2. The van der Waals surface area contributed by atoms with Crippen LogP contribution in [0.1, 0.15) is 38.2 Å². The van der Waals surface area contributed by atoms with Gasteiger partial charge in [-0.05, 0) is 49.9 Å². The summed E-state index contributed by atoms with van der Waals surface area (Å²) in [6.07, 6.45) is 5.10. The van der Waals surface area contributed by atoms with Gasteiger partial charge in [0.05, 0.1) is 6.61 Å². The van der Waals surface area contributed by atoms with Crippen molar-refractivity contribution in [2.45, 2.75) is 51.2 Å². The summed E-state index contributed by atoms with van der Waals surface area (Å²) >= 11 is 0. The van der Waals surface area contributed by atoms with E-state index in [1.54, 1.807) is 0 Å². The summed E-state index contributed by atoms with van der Waals surface area (Å²) in [5.41, 5.74) is 1.41. The van der Waals surface area contributed by atoms with E-state index in [-0.39, 0.29) is 0 Å². The fourth-order valence-electron chi connectivity index (χ4n) is 3.46. The first-order chi connectivity index (χ1) is 9.86. The van der Waals surface area contributed by atoms with Gasteiger partial charge in [0, 0.05) is 25.2 Å². The van der Waals surface area contributed by atoms with E-state index >= 15 is 0 Å². The fraction of sp³-hybridized carbons (Fsp3) is 0.647. The molecule has 2 fully saturated rings. The van der Waals surface area contributed by atoms with Crippen molar-refractivity contribution in [3.05, 3.63) is 29.8 Å². The van der Waals surface area contributed by atoms with E-state index in [1.807, 2.05) is 0 Å². The number of nitrogens with one attached hydrogen (secondary N) is 1. The fourth-order valence-corrected chi connectivity index (χ4v) is 3.46. The Kier molecular flexibility index (Phi) is 4.58. The van der Waals surface area contributed by atoms with Gasteiger partial charge in [-0.3, -0.25) is 4.90 Å². The van der Waals surface area contributed by atoms with E-state index in [9.17, 15) is 0 Å². The van der Waals surface area contributed by atoms with Crippen molar-refractivity contribution in [2.75, 3.05) is 19.7 Å². The van der Waals surface area contributed by atoms with Crippen LogP contribution in [0, 0.1) is 0 Å². The Labute approximate surface area is 122 Å². The zero-order chi connectivity index (χ0) is 13.8.